The number of likely N-dealkylation sites (N-methyl/N-ethyl adjacent to an activating group) is 1. The molecule has 0 radical (unpaired) electrons. The largest absolute Gasteiger partial charge is 0.331 e. The van der Waals surface area contributed by atoms with Crippen LogP contribution in [0.1, 0.15) is 33.6 Å². The van der Waals surface area contributed by atoms with Gasteiger partial charge in [-0.2, -0.15) is 0 Å². The lowest BCUT2D eigenvalue weighted by molar-refractivity contribution is -0.894. The molecule has 0 spiro atoms. The highest BCUT2D eigenvalue weighted by Crippen LogP contribution is 2.53. The van der Waals surface area contributed by atoms with Crippen LogP contribution in [0.5, 0.6) is 0 Å². The predicted octanol–water partition coefficient (Wildman–Crippen LogP) is 1.55. The molecule has 1 heterocycles. The Morgan fingerprint density at radius 2 is 1.75 bits per heavy atom. The summed E-state index contributed by atoms with van der Waals surface area (Å²) >= 11 is 0. The van der Waals surface area contributed by atoms with Gasteiger partial charge in [-0.05, 0) is 24.7 Å². The second kappa shape index (κ2) is 5.14. The van der Waals surface area contributed by atoms with Crippen LogP contribution in [0.4, 0.5) is 0 Å². The van der Waals surface area contributed by atoms with Gasteiger partial charge in [-0.3, -0.25) is 9.59 Å². The van der Waals surface area contributed by atoms with Crippen LogP contribution >= 0.6 is 0 Å². The number of nitrogens with zero attached hydrogens (tertiary/aromatic N) is 2. The van der Waals surface area contributed by atoms with Crippen molar-refractivity contribution < 1.29 is 14.1 Å². The standard InChI is InChI=1S/C16H29N2O2/c1-12(19)14-10-13(16(14,2)3)11-15(20)17-6-8-18(4,5)9-7-17/h13-14H,6-11H2,1-5H3/q+1. The first kappa shape index (κ1) is 15.5. The smallest absolute Gasteiger partial charge is 0.223 e. The van der Waals surface area contributed by atoms with Crippen molar-refractivity contribution in [3.8, 4) is 0 Å². The number of amides is 1. The van der Waals surface area contributed by atoms with E-state index in [1.54, 1.807) is 6.92 Å². The first-order valence-electron chi connectivity index (χ1n) is 7.74. The minimum absolute atomic E-state index is 0.00733. The van der Waals surface area contributed by atoms with E-state index in [1.165, 1.54) is 0 Å². The van der Waals surface area contributed by atoms with Gasteiger partial charge in [0.15, 0.2) is 0 Å². The number of quaternary nitrogens is 1. The van der Waals surface area contributed by atoms with Crippen molar-refractivity contribution in [1.29, 1.82) is 0 Å². The second-order valence-corrected chi connectivity index (χ2v) is 7.89. The van der Waals surface area contributed by atoms with Gasteiger partial charge in [-0.1, -0.05) is 13.8 Å². The van der Waals surface area contributed by atoms with Crippen molar-refractivity contribution in [2.75, 3.05) is 40.3 Å². The SMILES string of the molecule is CC(=O)C1CC(CC(=O)N2CC[N+](C)(C)CC2)C1(C)C. The molecule has 2 fully saturated rings. The number of ketones is 1. The molecule has 0 aromatic carbocycles. The van der Waals surface area contributed by atoms with Crippen LogP contribution in [-0.4, -0.2) is 61.3 Å². The molecule has 2 unspecified atom stereocenters. The van der Waals surface area contributed by atoms with Crippen molar-refractivity contribution >= 4 is 11.7 Å². The van der Waals surface area contributed by atoms with E-state index in [2.05, 4.69) is 27.9 Å². The molecule has 0 aromatic rings. The Morgan fingerprint density at radius 1 is 1.20 bits per heavy atom. The van der Waals surface area contributed by atoms with Crippen LogP contribution < -0.4 is 0 Å². The van der Waals surface area contributed by atoms with Crippen molar-refractivity contribution in [1.82, 2.24) is 4.90 Å². The van der Waals surface area contributed by atoms with Gasteiger partial charge < -0.3 is 9.38 Å². The molecular formula is C16H29N2O2+. The van der Waals surface area contributed by atoms with Gasteiger partial charge in [0, 0.05) is 12.3 Å². The van der Waals surface area contributed by atoms with Gasteiger partial charge >= 0.3 is 0 Å². The summed E-state index contributed by atoms with van der Waals surface area (Å²) in [6, 6.07) is 0. The fraction of sp³-hybridized carbons (Fsp3) is 0.875. The molecule has 0 N–H and O–H groups in total. The number of carbonyl (C=O) groups is 2. The molecule has 2 aliphatic rings. The van der Waals surface area contributed by atoms with E-state index in [0.29, 0.717) is 12.3 Å². The predicted molar refractivity (Wildman–Crippen MR) is 79.1 cm³/mol. The Morgan fingerprint density at radius 3 is 2.20 bits per heavy atom. The molecule has 1 saturated carbocycles. The molecule has 0 bridgehead atoms. The van der Waals surface area contributed by atoms with Crippen molar-refractivity contribution in [3.05, 3.63) is 0 Å². The quantitative estimate of drug-likeness (QED) is 0.736. The average Bonchev–Trinajstić information content (AvgIpc) is 2.33. The fourth-order valence-corrected chi connectivity index (χ4v) is 3.65. The summed E-state index contributed by atoms with van der Waals surface area (Å²) in [6.45, 7) is 9.76. The molecule has 114 valence electrons. The van der Waals surface area contributed by atoms with Crippen molar-refractivity contribution in [2.24, 2.45) is 17.3 Å². The number of carbonyl (C=O) groups excluding carboxylic acids is 2. The lowest BCUT2D eigenvalue weighted by Crippen LogP contribution is -2.57. The normalized spacial score (nSPS) is 31.6. The number of hydrogen-bond donors (Lipinski definition) is 0. The lowest BCUT2D eigenvalue weighted by Gasteiger charge is -2.51. The highest BCUT2D eigenvalue weighted by Gasteiger charge is 2.50. The van der Waals surface area contributed by atoms with Crippen LogP contribution in [0.15, 0.2) is 0 Å². The Balaban J connectivity index is 1.86. The Labute approximate surface area is 122 Å². The maximum absolute atomic E-state index is 12.4. The molecule has 2 atom stereocenters. The van der Waals surface area contributed by atoms with E-state index in [0.717, 1.165) is 37.1 Å². The third-order valence-electron chi connectivity index (χ3n) is 5.69. The second-order valence-electron chi connectivity index (χ2n) is 7.89. The molecule has 1 saturated heterocycles. The third kappa shape index (κ3) is 2.90. The Kier molecular flexibility index (Phi) is 3.98. The van der Waals surface area contributed by atoms with Crippen LogP contribution in [0, 0.1) is 17.3 Å². The molecule has 1 amide bonds. The van der Waals surface area contributed by atoms with Gasteiger partial charge in [0.05, 0.1) is 40.3 Å². The molecule has 4 heteroatoms. The zero-order valence-corrected chi connectivity index (χ0v) is 13.6. The van der Waals surface area contributed by atoms with E-state index in [9.17, 15) is 9.59 Å². The zero-order valence-electron chi connectivity index (χ0n) is 13.6. The van der Waals surface area contributed by atoms with Gasteiger partial charge in [0.1, 0.15) is 5.78 Å². The first-order chi connectivity index (χ1) is 9.13. The molecule has 1 aliphatic heterocycles. The van der Waals surface area contributed by atoms with Crippen molar-refractivity contribution in [2.45, 2.75) is 33.6 Å². The highest BCUT2D eigenvalue weighted by atomic mass is 16.2. The number of rotatable bonds is 3. The monoisotopic (exact) mass is 281 g/mol. The molecule has 1 aliphatic carbocycles. The van der Waals surface area contributed by atoms with Crippen molar-refractivity contribution in [3.63, 3.8) is 0 Å². The zero-order chi connectivity index (χ0) is 15.1. The Hall–Kier alpha value is -0.900. The summed E-state index contributed by atoms with van der Waals surface area (Å²) in [5, 5.41) is 0. The van der Waals surface area contributed by atoms with Gasteiger partial charge in [-0.25, -0.2) is 0 Å². The summed E-state index contributed by atoms with van der Waals surface area (Å²) in [7, 11) is 4.43. The van der Waals surface area contributed by atoms with Gasteiger partial charge in [0.25, 0.3) is 0 Å². The number of Topliss-reactive ketones (excluding diaryl/α,β-unsaturated/α-hetero) is 1. The molecule has 20 heavy (non-hydrogen) atoms. The molecule has 2 rings (SSSR count). The van der Waals surface area contributed by atoms with E-state index in [-0.39, 0.29) is 23.0 Å². The summed E-state index contributed by atoms with van der Waals surface area (Å²) in [6.07, 6.45) is 1.51. The van der Waals surface area contributed by atoms with Crippen LogP contribution in [0.3, 0.4) is 0 Å². The topological polar surface area (TPSA) is 37.4 Å². The van der Waals surface area contributed by atoms with E-state index in [4.69, 9.17) is 0 Å². The maximum atomic E-state index is 12.4. The van der Waals surface area contributed by atoms with Gasteiger partial charge in [0.2, 0.25) is 5.91 Å². The minimum atomic E-state index is -0.00733. The number of piperazine rings is 1. The maximum Gasteiger partial charge on any atom is 0.223 e. The van der Waals surface area contributed by atoms with Crippen LogP contribution in [0.2, 0.25) is 0 Å². The summed E-state index contributed by atoms with van der Waals surface area (Å²) in [5.41, 5.74) is -0.00733. The molecular weight excluding hydrogens is 252 g/mol. The first-order valence-corrected chi connectivity index (χ1v) is 7.74. The third-order valence-corrected chi connectivity index (χ3v) is 5.69. The lowest BCUT2D eigenvalue weighted by atomic mass is 9.52. The van der Waals surface area contributed by atoms with E-state index < -0.39 is 0 Å². The minimum Gasteiger partial charge on any atom is -0.331 e. The van der Waals surface area contributed by atoms with Crippen LogP contribution in [-0.2, 0) is 9.59 Å². The number of hydrogen-bond acceptors (Lipinski definition) is 2. The van der Waals surface area contributed by atoms with E-state index in [1.807, 2.05) is 4.90 Å². The Bertz CT molecular complexity index is 405. The molecule has 4 nitrogen and oxygen atoms in total. The van der Waals surface area contributed by atoms with Crippen LogP contribution in [0.25, 0.3) is 0 Å². The van der Waals surface area contributed by atoms with E-state index >= 15 is 0 Å². The highest BCUT2D eigenvalue weighted by molar-refractivity contribution is 5.81. The molecule has 0 aromatic heterocycles. The fourth-order valence-electron chi connectivity index (χ4n) is 3.65. The summed E-state index contributed by atoms with van der Waals surface area (Å²) < 4.78 is 1.01. The summed E-state index contributed by atoms with van der Waals surface area (Å²) in [5.74, 6) is 1.08. The average molecular weight is 281 g/mol. The van der Waals surface area contributed by atoms with Gasteiger partial charge in [-0.15, -0.1) is 0 Å². The summed E-state index contributed by atoms with van der Waals surface area (Å²) in [4.78, 5) is 26.0.